The van der Waals surface area contributed by atoms with E-state index >= 15 is 0 Å². The lowest BCUT2D eigenvalue weighted by Gasteiger charge is -2.18. The van der Waals surface area contributed by atoms with Gasteiger partial charge in [-0.1, -0.05) is 18.2 Å². The number of rotatable bonds is 3. The number of nitriles is 1. The number of likely N-dealkylation sites (N-methyl/N-ethyl adjacent to an activating group) is 1. The molecule has 0 amide bonds. The van der Waals surface area contributed by atoms with Crippen LogP contribution in [0, 0.1) is 21.4 Å². The van der Waals surface area contributed by atoms with Crippen LogP contribution in [0.15, 0.2) is 59.8 Å². The van der Waals surface area contributed by atoms with Gasteiger partial charge in [-0.15, -0.1) is 11.3 Å². The van der Waals surface area contributed by atoms with Crippen molar-refractivity contribution in [1.29, 1.82) is 5.26 Å². The lowest BCUT2D eigenvalue weighted by atomic mass is 10.1. The molecule has 3 rings (SSSR count). The fourth-order valence-corrected chi connectivity index (χ4v) is 3.13. The maximum atomic E-state index is 10.9. The van der Waals surface area contributed by atoms with Crippen LogP contribution in [-0.2, 0) is 0 Å². The van der Waals surface area contributed by atoms with Crippen LogP contribution in [0.5, 0.6) is 0 Å². The summed E-state index contributed by atoms with van der Waals surface area (Å²) in [6.07, 6.45) is 7.46. The molecule has 0 bridgehead atoms. The maximum Gasteiger partial charge on any atom is 0.270 e. The quantitative estimate of drug-likeness (QED) is 0.481. The second kappa shape index (κ2) is 6.48. The van der Waals surface area contributed by atoms with Gasteiger partial charge >= 0.3 is 0 Å². The zero-order valence-corrected chi connectivity index (χ0v) is 13.5. The first-order valence-electron chi connectivity index (χ1n) is 7.03. The molecule has 1 aromatic heterocycles. The van der Waals surface area contributed by atoms with Gasteiger partial charge in [0, 0.05) is 36.3 Å². The first kappa shape index (κ1) is 15.6. The Bertz CT molecular complexity index is 934. The van der Waals surface area contributed by atoms with Crippen molar-refractivity contribution in [3.8, 4) is 17.3 Å². The summed E-state index contributed by atoms with van der Waals surface area (Å²) in [5, 5.41) is 22.8. The molecule has 0 fully saturated rings. The molecular weight excluding hydrogens is 324 g/mol. The molecule has 2 heterocycles. The SMILES string of the molecule is CN1C=CC=CC1=C(C#N)c1nc(-c2cccc([N+](=O)[O-])c2)cs1. The van der Waals surface area contributed by atoms with Gasteiger partial charge in [-0.05, 0) is 12.2 Å². The highest BCUT2D eigenvalue weighted by molar-refractivity contribution is 7.11. The normalized spacial score (nSPS) is 15.2. The molecule has 1 aliphatic heterocycles. The predicted octanol–water partition coefficient (Wildman–Crippen LogP) is 3.97. The summed E-state index contributed by atoms with van der Waals surface area (Å²) in [4.78, 5) is 16.8. The maximum absolute atomic E-state index is 10.9. The second-order valence-corrected chi connectivity index (χ2v) is 5.89. The van der Waals surface area contributed by atoms with E-state index in [4.69, 9.17) is 0 Å². The van der Waals surface area contributed by atoms with Gasteiger partial charge in [0.25, 0.3) is 5.69 Å². The average Bonchev–Trinajstić information content (AvgIpc) is 3.07. The van der Waals surface area contributed by atoms with Gasteiger partial charge in [-0.2, -0.15) is 5.26 Å². The van der Waals surface area contributed by atoms with Crippen molar-refractivity contribution in [2.24, 2.45) is 0 Å². The van der Waals surface area contributed by atoms with E-state index in [9.17, 15) is 15.4 Å². The Morgan fingerprint density at radius 2 is 2.25 bits per heavy atom. The molecule has 0 N–H and O–H groups in total. The van der Waals surface area contributed by atoms with Crippen LogP contribution in [0.25, 0.3) is 16.8 Å². The lowest BCUT2D eigenvalue weighted by Crippen LogP contribution is -2.12. The van der Waals surface area contributed by atoms with E-state index in [1.54, 1.807) is 17.5 Å². The Morgan fingerprint density at radius 3 is 2.96 bits per heavy atom. The molecule has 118 valence electrons. The molecular formula is C17H12N4O2S. The van der Waals surface area contributed by atoms with E-state index in [0.29, 0.717) is 21.8 Å². The van der Waals surface area contributed by atoms with Gasteiger partial charge in [0.1, 0.15) is 16.6 Å². The number of non-ortho nitro benzene ring substituents is 1. The Morgan fingerprint density at radius 1 is 1.42 bits per heavy atom. The highest BCUT2D eigenvalue weighted by Gasteiger charge is 2.16. The van der Waals surface area contributed by atoms with Crippen molar-refractivity contribution < 1.29 is 4.92 Å². The number of allylic oxidation sites excluding steroid dienone is 4. The molecule has 7 heteroatoms. The van der Waals surface area contributed by atoms with Crippen LogP contribution < -0.4 is 0 Å². The van der Waals surface area contributed by atoms with Gasteiger partial charge in [0.2, 0.25) is 0 Å². The summed E-state index contributed by atoms with van der Waals surface area (Å²) in [5.41, 5.74) is 2.52. The number of hydrogen-bond donors (Lipinski definition) is 0. The Kier molecular flexibility index (Phi) is 4.22. The van der Waals surface area contributed by atoms with Crippen LogP contribution in [0.4, 0.5) is 5.69 Å². The molecule has 0 atom stereocenters. The lowest BCUT2D eigenvalue weighted by molar-refractivity contribution is -0.384. The summed E-state index contributed by atoms with van der Waals surface area (Å²) >= 11 is 1.34. The molecule has 0 unspecified atom stereocenters. The third kappa shape index (κ3) is 2.95. The number of thiazole rings is 1. The zero-order chi connectivity index (χ0) is 17.1. The van der Waals surface area contributed by atoms with E-state index in [2.05, 4.69) is 11.1 Å². The van der Waals surface area contributed by atoms with Crippen LogP contribution >= 0.6 is 11.3 Å². The summed E-state index contributed by atoms with van der Waals surface area (Å²) < 4.78 is 0. The second-order valence-electron chi connectivity index (χ2n) is 5.03. The fraction of sp³-hybridized carbons (Fsp3) is 0.0588. The minimum atomic E-state index is -0.437. The molecule has 0 aliphatic carbocycles. The molecule has 0 saturated carbocycles. The van der Waals surface area contributed by atoms with Crippen LogP contribution in [0.3, 0.4) is 0 Å². The van der Waals surface area contributed by atoms with E-state index in [1.165, 1.54) is 23.5 Å². The van der Waals surface area contributed by atoms with Gasteiger partial charge in [-0.25, -0.2) is 4.98 Å². The number of nitrogens with zero attached hydrogens (tertiary/aromatic N) is 4. The summed E-state index contributed by atoms with van der Waals surface area (Å²) in [5.74, 6) is 0. The molecule has 0 saturated heterocycles. The first-order chi connectivity index (χ1) is 11.6. The number of nitro benzene ring substituents is 1. The van der Waals surface area contributed by atoms with Gasteiger partial charge in [0.15, 0.2) is 0 Å². The van der Waals surface area contributed by atoms with Crippen molar-refractivity contribution in [2.75, 3.05) is 7.05 Å². The highest BCUT2D eigenvalue weighted by atomic mass is 32.1. The number of nitro groups is 1. The van der Waals surface area contributed by atoms with Crippen molar-refractivity contribution in [2.45, 2.75) is 0 Å². The number of hydrogen-bond acceptors (Lipinski definition) is 6. The third-order valence-corrected chi connectivity index (χ3v) is 4.35. The topological polar surface area (TPSA) is 83.1 Å². The van der Waals surface area contributed by atoms with Crippen molar-refractivity contribution in [3.63, 3.8) is 0 Å². The largest absolute Gasteiger partial charge is 0.350 e. The van der Waals surface area contributed by atoms with E-state index in [1.807, 2.05) is 36.4 Å². The van der Waals surface area contributed by atoms with Gasteiger partial charge in [-0.3, -0.25) is 10.1 Å². The molecule has 1 aromatic carbocycles. The molecule has 24 heavy (non-hydrogen) atoms. The number of aromatic nitrogens is 1. The van der Waals surface area contributed by atoms with E-state index in [-0.39, 0.29) is 5.69 Å². The molecule has 2 aromatic rings. The van der Waals surface area contributed by atoms with Crippen LogP contribution in [0.1, 0.15) is 5.01 Å². The Labute approximate surface area is 142 Å². The van der Waals surface area contributed by atoms with Crippen LogP contribution in [0.2, 0.25) is 0 Å². The smallest absolute Gasteiger partial charge is 0.270 e. The minimum Gasteiger partial charge on any atom is -0.350 e. The van der Waals surface area contributed by atoms with Crippen LogP contribution in [-0.4, -0.2) is 21.9 Å². The highest BCUT2D eigenvalue weighted by Crippen LogP contribution is 2.30. The predicted molar refractivity (Wildman–Crippen MR) is 92.8 cm³/mol. The molecule has 6 nitrogen and oxygen atoms in total. The molecule has 0 radical (unpaired) electrons. The van der Waals surface area contributed by atoms with E-state index in [0.717, 1.165) is 5.70 Å². The fourth-order valence-electron chi connectivity index (χ4n) is 2.30. The van der Waals surface area contributed by atoms with Gasteiger partial charge in [0.05, 0.1) is 16.3 Å². The third-order valence-electron chi connectivity index (χ3n) is 3.49. The van der Waals surface area contributed by atoms with E-state index < -0.39 is 4.92 Å². The van der Waals surface area contributed by atoms with Crippen molar-refractivity contribution >= 4 is 22.6 Å². The Balaban J connectivity index is 2.02. The number of benzene rings is 1. The monoisotopic (exact) mass is 336 g/mol. The summed E-state index contributed by atoms with van der Waals surface area (Å²) in [6, 6.07) is 8.51. The standard InChI is InChI=1S/C17H12N4O2S/c1-20-8-3-2-7-16(20)14(10-18)17-19-15(11-24-17)12-5-4-6-13(9-12)21(22)23/h2-9,11H,1H3. The first-order valence-corrected chi connectivity index (χ1v) is 7.91. The minimum absolute atomic E-state index is 0.0148. The molecule has 0 spiro atoms. The van der Waals surface area contributed by atoms with Crippen molar-refractivity contribution in [3.05, 3.63) is 74.9 Å². The summed E-state index contributed by atoms with van der Waals surface area (Å²) in [7, 11) is 1.86. The zero-order valence-electron chi connectivity index (χ0n) is 12.7. The Hall–Kier alpha value is -3.24. The van der Waals surface area contributed by atoms with Gasteiger partial charge < -0.3 is 4.90 Å². The average molecular weight is 336 g/mol. The van der Waals surface area contributed by atoms with Crippen molar-refractivity contribution in [1.82, 2.24) is 9.88 Å². The molecule has 1 aliphatic rings. The summed E-state index contributed by atoms with van der Waals surface area (Å²) in [6.45, 7) is 0.